The van der Waals surface area contributed by atoms with Gasteiger partial charge in [-0.05, 0) is 42.3 Å². The second-order valence-electron chi connectivity index (χ2n) is 4.90. The lowest BCUT2D eigenvalue weighted by atomic mass is 10.1. The molecule has 7 heteroatoms. The van der Waals surface area contributed by atoms with Crippen LogP contribution in [0.5, 0.6) is 0 Å². The molecule has 0 radical (unpaired) electrons. The van der Waals surface area contributed by atoms with Crippen LogP contribution in [0.3, 0.4) is 0 Å². The second-order valence-corrected chi connectivity index (χ2v) is 6.66. The molecule has 0 saturated carbocycles. The van der Waals surface area contributed by atoms with Crippen molar-refractivity contribution in [3.8, 4) is 0 Å². The number of carbonyl (C=O) groups is 1. The standard InChI is InChI=1S/C15H15N3O2S2/c1-8(16-14(19)13-12(21-2)5-6-22-13)9-3-4-10-11(7-9)18-15(20)17-10/h3-8H,1-2H3,(H,16,19)(H2,17,18,20). The number of thioether (sulfide) groups is 1. The largest absolute Gasteiger partial charge is 0.345 e. The number of benzene rings is 1. The number of aromatic nitrogens is 2. The highest BCUT2D eigenvalue weighted by Crippen LogP contribution is 2.26. The summed E-state index contributed by atoms with van der Waals surface area (Å²) in [7, 11) is 0. The normalized spacial score (nSPS) is 12.5. The van der Waals surface area contributed by atoms with Crippen molar-refractivity contribution in [2.24, 2.45) is 0 Å². The molecule has 0 spiro atoms. The van der Waals surface area contributed by atoms with Gasteiger partial charge in [0, 0.05) is 4.90 Å². The summed E-state index contributed by atoms with van der Waals surface area (Å²) in [5.74, 6) is -0.0745. The lowest BCUT2D eigenvalue weighted by Gasteiger charge is -2.14. The zero-order valence-corrected chi connectivity index (χ0v) is 13.7. The van der Waals surface area contributed by atoms with Crippen LogP contribution in [0.15, 0.2) is 39.3 Å². The molecule has 3 aromatic rings. The predicted molar refractivity (Wildman–Crippen MR) is 90.9 cm³/mol. The second kappa shape index (κ2) is 6.02. The van der Waals surface area contributed by atoms with Crippen molar-refractivity contribution in [1.29, 1.82) is 0 Å². The first-order valence-corrected chi connectivity index (χ1v) is 8.83. The first-order valence-electron chi connectivity index (χ1n) is 6.73. The maximum absolute atomic E-state index is 12.4. The molecule has 3 rings (SSSR count). The summed E-state index contributed by atoms with van der Waals surface area (Å²) in [4.78, 5) is 30.8. The van der Waals surface area contributed by atoms with Crippen LogP contribution >= 0.6 is 23.1 Å². The SMILES string of the molecule is CSc1ccsc1C(=O)NC(C)c1ccc2[nH]c(=O)[nH]c2c1. The Balaban J connectivity index is 1.81. The molecule has 2 aromatic heterocycles. The van der Waals surface area contributed by atoms with Crippen molar-refractivity contribution in [2.75, 3.05) is 6.26 Å². The van der Waals surface area contributed by atoms with Gasteiger partial charge in [0.05, 0.1) is 17.1 Å². The van der Waals surface area contributed by atoms with E-state index < -0.39 is 0 Å². The van der Waals surface area contributed by atoms with Gasteiger partial charge >= 0.3 is 5.69 Å². The Morgan fingerprint density at radius 2 is 2.05 bits per heavy atom. The third kappa shape index (κ3) is 2.82. The fourth-order valence-electron chi connectivity index (χ4n) is 2.29. The van der Waals surface area contributed by atoms with Crippen LogP contribution in [0.2, 0.25) is 0 Å². The van der Waals surface area contributed by atoms with Crippen LogP contribution < -0.4 is 11.0 Å². The van der Waals surface area contributed by atoms with Gasteiger partial charge < -0.3 is 15.3 Å². The van der Waals surface area contributed by atoms with E-state index >= 15 is 0 Å². The van der Waals surface area contributed by atoms with E-state index in [-0.39, 0.29) is 17.6 Å². The number of H-pyrrole nitrogens is 2. The monoisotopic (exact) mass is 333 g/mol. The van der Waals surface area contributed by atoms with E-state index in [0.29, 0.717) is 0 Å². The molecule has 0 aliphatic heterocycles. The van der Waals surface area contributed by atoms with Gasteiger partial charge in [0.15, 0.2) is 0 Å². The zero-order valence-electron chi connectivity index (χ0n) is 12.1. The van der Waals surface area contributed by atoms with Crippen LogP contribution in [0.4, 0.5) is 0 Å². The summed E-state index contributed by atoms with van der Waals surface area (Å²) in [6.45, 7) is 1.93. The number of fused-ring (bicyclic) bond motifs is 1. The van der Waals surface area contributed by atoms with Crippen LogP contribution in [0.1, 0.15) is 28.2 Å². The molecule has 0 saturated heterocycles. The molecular formula is C15H15N3O2S2. The van der Waals surface area contributed by atoms with E-state index in [9.17, 15) is 9.59 Å². The van der Waals surface area contributed by atoms with Gasteiger partial charge in [0.1, 0.15) is 4.88 Å². The van der Waals surface area contributed by atoms with Gasteiger partial charge in [-0.3, -0.25) is 4.79 Å². The number of hydrogen-bond acceptors (Lipinski definition) is 4. The van der Waals surface area contributed by atoms with Crippen molar-refractivity contribution in [3.63, 3.8) is 0 Å². The number of carbonyl (C=O) groups excluding carboxylic acids is 1. The number of hydrogen-bond donors (Lipinski definition) is 3. The average Bonchev–Trinajstić information content (AvgIpc) is 3.10. The summed E-state index contributed by atoms with van der Waals surface area (Å²) in [6.07, 6.45) is 1.96. The number of rotatable bonds is 4. The van der Waals surface area contributed by atoms with E-state index in [1.807, 2.05) is 42.8 Å². The van der Waals surface area contributed by atoms with Gasteiger partial charge in [-0.2, -0.15) is 0 Å². The summed E-state index contributed by atoms with van der Waals surface area (Å²) in [6, 6.07) is 7.42. The Kier molecular flexibility index (Phi) is 4.08. The minimum absolute atomic E-state index is 0.0745. The quantitative estimate of drug-likeness (QED) is 0.642. The Bertz CT molecular complexity index is 878. The highest BCUT2D eigenvalue weighted by atomic mass is 32.2. The van der Waals surface area contributed by atoms with Crippen LogP contribution in [0, 0.1) is 0 Å². The van der Waals surface area contributed by atoms with E-state index in [2.05, 4.69) is 15.3 Å². The Hall–Kier alpha value is -1.99. The van der Waals surface area contributed by atoms with Crippen molar-refractivity contribution >= 4 is 40.0 Å². The summed E-state index contributed by atoms with van der Waals surface area (Å²) < 4.78 is 0. The summed E-state index contributed by atoms with van der Waals surface area (Å²) >= 11 is 3.00. The molecule has 2 heterocycles. The van der Waals surface area contributed by atoms with Gasteiger partial charge in [0.25, 0.3) is 5.91 Å². The molecule has 0 aliphatic carbocycles. The fourth-order valence-corrected chi connectivity index (χ4v) is 3.94. The van der Waals surface area contributed by atoms with Gasteiger partial charge in [-0.1, -0.05) is 6.07 Å². The maximum Gasteiger partial charge on any atom is 0.323 e. The number of thiophene rings is 1. The van der Waals surface area contributed by atoms with E-state index in [1.165, 1.54) is 11.3 Å². The third-order valence-electron chi connectivity index (χ3n) is 3.44. The Morgan fingerprint density at radius 3 is 2.82 bits per heavy atom. The zero-order chi connectivity index (χ0) is 15.7. The highest BCUT2D eigenvalue weighted by Gasteiger charge is 2.16. The molecule has 1 unspecified atom stereocenters. The molecule has 0 aliphatic rings. The smallest absolute Gasteiger partial charge is 0.323 e. The van der Waals surface area contributed by atoms with Crippen LogP contribution in [-0.4, -0.2) is 22.1 Å². The van der Waals surface area contributed by atoms with E-state index in [4.69, 9.17) is 0 Å². The van der Waals surface area contributed by atoms with Gasteiger partial charge in [-0.25, -0.2) is 4.79 Å². The Labute approximate surface area is 135 Å². The lowest BCUT2D eigenvalue weighted by molar-refractivity contribution is 0.0941. The molecule has 22 heavy (non-hydrogen) atoms. The topological polar surface area (TPSA) is 77.8 Å². The average molecular weight is 333 g/mol. The van der Waals surface area contributed by atoms with Crippen molar-refractivity contribution < 1.29 is 4.79 Å². The fraction of sp³-hybridized carbons (Fsp3) is 0.200. The number of amides is 1. The van der Waals surface area contributed by atoms with Crippen LogP contribution in [0.25, 0.3) is 11.0 Å². The molecule has 0 bridgehead atoms. The van der Waals surface area contributed by atoms with E-state index in [0.717, 1.165) is 26.4 Å². The first-order chi connectivity index (χ1) is 10.6. The molecule has 3 N–H and O–H groups in total. The minimum atomic E-state index is -0.230. The summed E-state index contributed by atoms with van der Waals surface area (Å²) in [5, 5.41) is 4.92. The molecular weight excluding hydrogens is 318 g/mol. The van der Waals surface area contributed by atoms with E-state index in [1.54, 1.807) is 11.8 Å². The third-order valence-corrected chi connectivity index (χ3v) is 5.27. The van der Waals surface area contributed by atoms with Crippen molar-refractivity contribution in [3.05, 3.63) is 50.6 Å². The lowest BCUT2D eigenvalue weighted by Crippen LogP contribution is -2.26. The van der Waals surface area contributed by atoms with Gasteiger partial charge in [0.2, 0.25) is 0 Å². The number of nitrogens with one attached hydrogen (secondary N) is 3. The number of aromatic amines is 2. The highest BCUT2D eigenvalue weighted by molar-refractivity contribution is 7.98. The summed E-state index contributed by atoms with van der Waals surface area (Å²) in [5.41, 5.74) is 2.21. The molecule has 1 amide bonds. The van der Waals surface area contributed by atoms with Gasteiger partial charge in [-0.15, -0.1) is 23.1 Å². The van der Waals surface area contributed by atoms with Crippen LogP contribution in [-0.2, 0) is 0 Å². The molecule has 5 nitrogen and oxygen atoms in total. The molecule has 1 aromatic carbocycles. The maximum atomic E-state index is 12.4. The minimum Gasteiger partial charge on any atom is -0.345 e. The molecule has 1 atom stereocenters. The number of imidazole rings is 1. The molecule has 0 fully saturated rings. The molecule has 114 valence electrons. The van der Waals surface area contributed by atoms with Crippen molar-refractivity contribution in [2.45, 2.75) is 17.9 Å². The van der Waals surface area contributed by atoms with Crippen molar-refractivity contribution in [1.82, 2.24) is 15.3 Å². The Morgan fingerprint density at radius 1 is 1.27 bits per heavy atom. The predicted octanol–water partition coefficient (Wildman–Crippen LogP) is 3.13. The first kappa shape index (κ1) is 14.9.